The van der Waals surface area contributed by atoms with Gasteiger partial charge < -0.3 is 5.73 Å². The van der Waals surface area contributed by atoms with Crippen molar-refractivity contribution in [3.05, 3.63) is 29.8 Å². The second-order valence-corrected chi connectivity index (χ2v) is 5.73. The molecule has 1 nitrogen and oxygen atoms in total. The van der Waals surface area contributed by atoms with Crippen LogP contribution in [0.3, 0.4) is 0 Å². The largest absolute Gasteiger partial charge is 0.399 e. The predicted octanol–water partition coefficient (Wildman–Crippen LogP) is 3.97. The molecule has 5 heteroatoms. The van der Waals surface area contributed by atoms with E-state index in [0.717, 1.165) is 12.0 Å². The Kier molecular flexibility index (Phi) is 2.85. The topological polar surface area (TPSA) is 26.0 Å². The zero-order valence-electron chi connectivity index (χ0n) is 9.76. The van der Waals surface area contributed by atoms with Crippen molar-refractivity contribution in [2.45, 2.75) is 31.9 Å². The third kappa shape index (κ3) is 1.78. The molecule has 0 radical (unpaired) electrons. The molecular formula is C13H15ClF3N. The quantitative estimate of drug-likeness (QED) is 0.814. The number of benzene rings is 1. The van der Waals surface area contributed by atoms with Crippen molar-refractivity contribution in [2.24, 2.45) is 10.8 Å². The maximum Gasteiger partial charge on any atom is 0.394 e. The molecule has 3 aliphatic carbocycles. The summed E-state index contributed by atoms with van der Waals surface area (Å²) < 4.78 is 38.0. The first-order valence-electron chi connectivity index (χ1n) is 5.76. The molecule has 3 fully saturated rings. The molecule has 0 amide bonds. The molecule has 0 atom stereocenters. The Labute approximate surface area is 110 Å². The fourth-order valence-corrected chi connectivity index (χ4v) is 3.55. The molecule has 0 aliphatic heterocycles. The van der Waals surface area contributed by atoms with Gasteiger partial charge in [-0.1, -0.05) is 12.1 Å². The first-order valence-corrected chi connectivity index (χ1v) is 5.76. The van der Waals surface area contributed by atoms with E-state index in [4.69, 9.17) is 5.73 Å². The van der Waals surface area contributed by atoms with Crippen molar-refractivity contribution in [1.29, 1.82) is 0 Å². The second kappa shape index (κ2) is 3.80. The van der Waals surface area contributed by atoms with Gasteiger partial charge in [0.1, 0.15) is 0 Å². The van der Waals surface area contributed by atoms with Gasteiger partial charge in [0.2, 0.25) is 0 Å². The highest BCUT2D eigenvalue weighted by Gasteiger charge is 2.77. The van der Waals surface area contributed by atoms with Gasteiger partial charge in [0.25, 0.3) is 0 Å². The van der Waals surface area contributed by atoms with Crippen molar-refractivity contribution in [2.75, 3.05) is 5.73 Å². The summed E-state index contributed by atoms with van der Waals surface area (Å²) >= 11 is 0. The number of rotatable bonds is 2. The van der Waals surface area contributed by atoms with Crippen molar-refractivity contribution >= 4 is 18.1 Å². The average Bonchev–Trinajstić information content (AvgIpc) is 2.09. The van der Waals surface area contributed by atoms with Crippen molar-refractivity contribution in [3.63, 3.8) is 0 Å². The first kappa shape index (κ1) is 13.5. The number of hydrogen-bond donors (Lipinski definition) is 1. The van der Waals surface area contributed by atoms with Crippen LogP contribution in [0.15, 0.2) is 24.3 Å². The highest BCUT2D eigenvalue weighted by molar-refractivity contribution is 5.85. The summed E-state index contributed by atoms with van der Waals surface area (Å²) in [5, 5.41) is 0. The summed E-state index contributed by atoms with van der Waals surface area (Å²) in [5.74, 6) is 0. The van der Waals surface area contributed by atoms with E-state index in [1.54, 1.807) is 12.1 Å². The van der Waals surface area contributed by atoms with Crippen molar-refractivity contribution < 1.29 is 13.2 Å². The van der Waals surface area contributed by atoms with Crippen LogP contribution in [-0.4, -0.2) is 6.18 Å². The van der Waals surface area contributed by atoms with Gasteiger partial charge >= 0.3 is 6.18 Å². The zero-order chi connectivity index (χ0) is 12.3. The Morgan fingerprint density at radius 1 is 1.06 bits per heavy atom. The normalized spacial score (nSPS) is 33.1. The minimum atomic E-state index is -4.00. The van der Waals surface area contributed by atoms with E-state index in [1.807, 2.05) is 12.1 Å². The highest BCUT2D eigenvalue weighted by Crippen LogP contribution is 2.79. The van der Waals surface area contributed by atoms with Crippen molar-refractivity contribution in [3.8, 4) is 0 Å². The van der Waals surface area contributed by atoms with Gasteiger partial charge in [-0.15, -0.1) is 12.4 Å². The van der Waals surface area contributed by atoms with Crippen molar-refractivity contribution in [1.82, 2.24) is 0 Å². The predicted molar refractivity (Wildman–Crippen MR) is 66.6 cm³/mol. The molecule has 0 aromatic heterocycles. The zero-order valence-corrected chi connectivity index (χ0v) is 10.6. The molecule has 0 spiro atoms. The summed E-state index contributed by atoms with van der Waals surface area (Å²) in [4.78, 5) is 0. The van der Waals surface area contributed by atoms with Gasteiger partial charge in [-0.3, -0.25) is 0 Å². The summed E-state index contributed by atoms with van der Waals surface area (Å²) in [7, 11) is 0. The molecule has 0 saturated heterocycles. The van der Waals surface area contributed by atoms with Crippen LogP contribution in [0.2, 0.25) is 0 Å². The van der Waals surface area contributed by atoms with Gasteiger partial charge in [0.15, 0.2) is 0 Å². The van der Waals surface area contributed by atoms with E-state index < -0.39 is 11.6 Å². The van der Waals surface area contributed by atoms with E-state index in [9.17, 15) is 13.2 Å². The molecule has 0 unspecified atom stereocenters. The van der Waals surface area contributed by atoms with E-state index in [0.29, 0.717) is 24.9 Å². The van der Waals surface area contributed by atoms with Gasteiger partial charge in [-0.2, -0.15) is 13.2 Å². The Hall–Kier alpha value is -0.900. The Morgan fingerprint density at radius 3 is 2.00 bits per heavy atom. The summed E-state index contributed by atoms with van der Waals surface area (Å²) in [6.45, 7) is 0. The van der Waals surface area contributed by atoms with Gasteiger partial charge in [0.05, 0.1) is 5.41 Å². The minimum Gasteiger partial charge on any atom is -0.399 e. The minimum absolute atomic E-state index is 0. The van der Waals surface area contributed by atoms with Crippen LogP contribution in [0.4, 0.5) is 18.9 Å². The third-order valence-electron chi connectivity index (χ3n) is 4.30. The second-order valence-electron chi connectivity index (χ2n) is 5.73. The molecule has 2 N–H and O–H groups in total. The Balaban J connectivity index is 0.00000120. The van der Waals surface area contributed by atoms with Crippen LogP contribution in [0.1, 0.15) is 24.8 Å². The number of nitrogen functional groups attached to an aromatic ring is 1. The molecule has 0 heterocycles. The molecule has 4 rings (SSSR count). The monoisotopic (exact) mass is 277 g/mol. The van der Waals surface area contributed by atoms with E-state index in [2.05, 4.69) is 0 Å². The number of hydrogen-bond acceptors (Lipinski definition) is 1. The molecule has 1 aromatic rings. The molecule has 1 aromatic carbocycles. The summed E-state index contributed by atoms with van der Waals surface area (Å²) in [5.41, 5.74) is 5.95. The molecule has 18 heavy (non-hydrogen) atoms. The van der Waals surface area contributed by atoms with E-state index in [1.165, 1.54) is 0 Å². The molecule has 3 aliphatic rings. The number of anilines is 1. The molecule has 3 saturated carbocycles. The van der Waals surface area contributed by atoms with Gasteiger partial charge in [-0.25, -0.2) is 0 Å². The summed E-state index contributed by atoms with van der Waals surface area (Å²) in [6, 6.07) is 7.44. The lowest BCUT2D eigenvalue weighted by atomic mass is 9.33. The number of alkyl halides is 3. The maximum atomic E-state index is 12.7. The highest BCUT2D eigenvalue weighted by atomic mass is 35.5. The number of nitrogens with two attached hydrogens (primary N) is 1. The van der Waals surface area contributed by atoms with Crippen LogP contribution in [-0.2, 0) is 6.42 Å². The van der Waals surface area contributed by atoms with Crippen LogP contribution < -0.4 is 5.73 Å². The van der Waals surface area contributed by atoms with Crippen LogP contribution in [0, 0.1) is 10.8 Å². The van der Waals surface area contributed by atoms with E-state index >= 15 is 0 Å². The lowest BCUT2D eigenvalue weighted by molar-refractivity contribution is -0.362. The van der Waals surface area contributed by atoms with E-state index in [-0.39, 0.29) is 17.8 Å². The smallest absolute Gasteiger partial charge is 0.394 e. The van der Waals surface area contributed by atoms with Gasteiger partial charge in [-0.05, 0) is 48.8 Å². The van der Waals surface area contributed by atoms with Crippen LogP contribution in [0.5, 0.6) is 0 Å². The standard InChI is InChI=1S/C13H14F3N.ClH/c14-13(15,16)12-6-11(7-12,8-12)5-9-1-3-10(17)4-2-9;/h1-4H,5-8,17H2;1H. The first-order chi connectivity index (χ1) is 7.84. The number of halogens is 4. The fraction of sp³-hybridized carbons (Fsp3) is 0.538. The Morgan fingerprint density at radius 2 is 1.56 bits per heavy atom. The van der Waals surface area contributed by atoms with Crippen LogP contribution >= 0.6 is 12.4 Å². The molecular weight excluding hydrogens is 263 g/mol. The maximum absolute atomic E-state index is 12.7. The lowest BCUT2D eigenvalue weighted by Crippen LogP contribution is -2.68. The van der Waals surface area contributed by atoms with Gasteiger partial charge in [0, 0.05) is 5.69 Å². The lowest BCUT2D eigenvalue weighted by Gasteiger charge is -2.71. The third-order valence-corrected chi connectivity index (χ3v) is 4.30. The van der Waals surface area contributed by atoms with Crippen LogP contribution in [0.25, 0.3) is 0 Å². The Bertz CT molecular complexity index is 433. The molecule has 2 bridgehead atoms. The molecule has 100 valence electrons. The fourth-order valence-electron chi connectivity index (χ4n) is 3.55. The average molecular weight is 278 g/mol. The summed E-state index contributed by atoms with van der Waals surface area (Å²) in [6.07, 6.45) is -2.31. The SMILES string of the molecule is Cl.Nc1ccc(CC23CC(C(F)(F)F)(C2)C3)cc1.